The molecule has 4 aromatic heterocycles. The molecule has 0 radical (unpaired) electrons. The van der Waals surface area contributed by atoms with Gasteiger partial charge in [0.1, 0.15) is 11.4 Å². The summed E-state index contributed by atoms with van der Waals surface area (Å²) in [4.78, 5) is 27.7. The number of aromatic nitrogens is 6. The van der Waals surface area contributed by atoms with Crippen LogP contribution in [0.2, 0.25) is 0 Å². The zero-order valence-corrected chi connectivity index (χ0v) is 16.8. The van der Waals surface area contributed by atoms with Crippen molar-refractivity contribution in [1.29, 1.82) is 0 Å². The molecular formula is C26H14N6. The van der Waals surface area contributed by atoms with Crippen molar-refractivity contribution in [3.63, 3.8) is 0 Å². The topological polar surface area (TPSA) is 77.3 Å². The van der Waals surface area contributed by atoms with Crippen molar-refractivity contribution in [3.8, 4) is 23.0 Å². The summed E-state index contributed by atoms with van der Waals surface area (Å²) in [5.74, 6) is 1.23. The summed E-state index contributed by atoms with van der Waals surface area (Å²) in [6, 6.07) is 20.3. The van der Waals surface area contributed by atoms with Crippen molar-refractivity contribution in [1.82, 2.24) is 29.9 Å². The van der Waals surface area contributed by atoms with E-state index in [0.717, 1.165) is 54.7 Å². The van der Waals surface area contributed by atoms with Crippen LogP contribution in [0.15, 0.2) is 85.5 Å². The van der Waals surface area contributed by atoms with Crippen LogP contribution in [0.5, 0.6) is 0 Å². The van der Waals surface area contributed by atoms with E-state index in [2.05, 4.69) is 56.3 Å². The van der Waals surface area contributed by atoms with E-state index in [4.69, 9.17) is 9.97 Å². The first-order chi connectivity index (χ1) is 15.9. The Hall–Kier alpha value is -4.58. The maximum atomic E-state index is 5.03. The molecule has 0 atom stereocenters. The normalized spacial score (nSPS) is 11.8. The van der Waals surface area contributed by atoms with Crippen LogP contribution in [0.25, 0.3) is 66.4 Å². The predicted molar refractivity (Wildman–Crippen MR) is 125 cm³/mol. The Balaban J connectivity index is 1.66. The Labute approximate surface area is 182 Å². The van der Waals surface area contributed by atoms with Crippen molar-refractivity contribution < 1.29 is 0 Å². The molecular weight excluding hydrogens is 396 g/mol. The highest BCUT2D eigenvalue weighted by Gasteiger charge is 2.18. The van der Waals surface area contributed by atoms with Crippen molar-refractivity contribution in [2.45, 2.75) is 0 Å². The fraction of sp³-hybridized carbons (Fsp3) is 0. The highest BCUT2D eigenvalue weighted by molar-refractivity contribution is 6.31. The summed E-state index contributed by atoms with van der Waals surface area (Å²) in [6.07, 6.45) is 6.96. The average molecular weight is 410 g/mol. The van der Waals surface area contributed by atoms with Crippen LogP contribution in [-0.4, -0.2) is 29.9 Å². The van der Waals surface area contributed by atoms with E-state index >= 15 is 0 Å². The van der Waals surface area contributed by atoms with Gasteiger partial charge in [0.25, 0.3) is 0 Å². The third-order valence-electron chi connectivity index (χ3n) is 5.82. The first-order valence-corrected chi connectivity index (χ1v) is 10.3. The number of benzene rings is 3. The van der Waals surface area contributed by atoms with E-state index in [1.165, 1.54) is 0 Å². The van der Waals surface area contributed by atoms with Crippen molar-refractivity contribution in [2.24, 2.45) is 0 Å². The number of rotatable bonds is 2. The van der Waals surface area contributed by atoms with Crippen molar-refractivity contribution >= 4 is 43.4 Å². The molecule has 148 valence electrons. The SMILES string of the molecule is c1cnc(-c2cc3cccc4c5nc(-c6ncccn6)cc6cccc(c(n2)c34)c65)nc1. The minimum absolute atomic E-state index is 0.615. The first-order valence-electron chi connectivity index (χ1n) is 10.3. The second kappa shape index (κ2) is 6.46. The van der Waals surface area contributed by atoms with Crippen LogP contribution in [0.3, 0.4) is 0 Å². The molecule has 6 heteroatoms. The van der Waals surface area contributed by atoms with Crippen LogP contribution < -0.4 is 0 Å². The number of hydrogen-bond donors (Lipinski definition) is 0. The summed E-state index contributed by atoms with van der Waals surface area (Å²) >= 11 is 0. The zero-order chi connectivity index (χ0) is 21.1. The molecule has 0 bridgehead atoms. The van der Waals surface area contributed by atoms with E-state index in [9.17, 15) is 0 Å². The Morgan fingerprint density at radius 1 is 0.469 bits per heavy atom. The van der Waals surface area contributed by atoms with Crippen molar-refractivity contribution in [3.05, 3.63) is 85.5 Å². The number of nitrogens with zero attached hydrogens (tertiary/aromatic N) is 6. The van der Waals surface area contributed by atoms with Gasteiger partial charge in [-0.2, -0.15) is 0 Å². The first kappa shape index (κ1) is 17.1. The van der Waals surface area contributed by atoms with E-state index in [0.29, 0.717) is 11.6 Å². The molecule has 6 nitrogen and oxygen atoms in total. The van der Waals surface area contributed by atoms with E-state index < -0.39 is 0 Å². The van der Waals surface area contributed by atoms with Gasteiger partial charge in [-0.15, -0.1) is 0 Å². The number of fused-ring (bicyclic) bond motifs is 2. The molecule has 4 heterocycles. The monoisotopic (exact) mass is 410 g/mol. The largest absolute Gasteiger partial charge is 0.244 e. The Morgan fingerprint density at radius 2 is 0.906 bits per heavy atom. The van der Waals surface area contributed by atoms with Gasteiger partial charge in [0.05, 0.1) is 11.0 Å². The number of pyridine rings is 2. The maximum absolute atomic E-state index is 5.03. The average Bonchev–Trinajstić information content (AvgIpc) is 2.87. The van der Waals surface area contributed by atoms with Gasteiger partial charge in [0.15, 0.2) is 11.6 Å². The molecule has 0 aliphatic carbocycles. The van der Waals surface area contributed by atoms with Gasteiger partial charge >= 0.3 is 0 Å². The van der Waals surface area contributed by atoms with Gasteiger partial charge < -0.3 is 0 Å². The molecule has 32 heavy (non-hydrogen) atoms. The molecule has 3 aromatic carbocycles. The van der Waals surface area contributed by atoms with Crippen molar-refractivity contribution in [2.75, 3.05) is 0 Å². The van der Waals surface area contributed by atoms with Crippen LogP contribution in [0, 0.1) is 0 Å². The molecule has 0 saturated heterocycles. The molecule has 0 fully saturated rings. The molecule has 7 rings (SSSR count). The fourth-order valence-corrected chi connectivity index (χ4v) is 4.50. The zero-order valence-electron chi connectivity index (χ0n) is 16.8. The summed E-state index contributed by atoms with van der Waals surface area (Å²) in [5.41, 5.74) is 3.38. The standard InChI is InChI=1S/C26H14N6/c1-5-15-13-19(25-27-9-3-10-28-25)32-24-18-8-2-6-16-14-20(26-29-11-4-12-30-26)31-23(22(16)18)17(7-1)21(15)24/h1-14H. The van der Waals surface area contributed by atoms with Gasteiger partial charge in [-0.3, -0.25) is 0 Å². The number of hydrogen-bond acceptors (Lipinski definition) is 6. The van der Waals surface area contributed by atoms with Crippen LogP contribution in [0.1, 0.15) is 0 Å². The lowest BCUT2D eigenvalue weighted by molar-refractivity contribution is 1.15. The third-order valence-corrected chi connectivity index (χ3v) is 5.82. The molecule has 7 aromatic rings. The second-order valence-corrected chi connectivity index (χ2v) is 7.66. The summed E-state index contributed by atoms with van der Waals surface area (Å²) in [7, 11) is 0. The molecule has 0 saturated carbocycles. The summed E-state index contributed by atoms with van der Waals surface area (Å²) in [6.45, 7) is 0. The molecule has 0 unspecified atom stereocenters. The van der Waals surface area contributed by atoms with E-state index in [1.54, 1.807) is 24.8 Å². The molecule has 0 amide bonds. The van der Waals surface area contributed by atoms with Crippen LogP contribution >= 0.6 is 0 Å². The minimum atomic E-state index is 0.615. The summed E-state index contributed by atoms with van der Waals surface area (Å²) in [5, 5.41) is 6.47. The fourth-order valence-electron chi connectivity index (χ4n) is 4.50. The highest BCUT2D eigenvalue weighted by atomic mass is 14.9. The van der Waals surface area contributed by atoms with Gasteiger partial charge in [0, 0.05) is 46.3 Å². The Morgan fingerprint density at radius 3 is 1.34 bits per heavy atom. The quantitative estimate of drug-likeness (QED) is 0.279. The Bertz CT molecular complexity index is 1630. The second-order valence-electron chi connectivity index (χ2n) is 7.66. The lowest BCUT2D eigenvalue weighted by Gasteiger charge is -2.15. The highest BCUT2D eigenvalue weighted by Crippen LogP contribution is 2.40. The van der Waals surface area contributed by atoms with Gasteiger partial charge in [-0.05, 0) is 35.0 Å². The lowest BCUT2D eigenvalue weighted by atomic mass is 9.94. The van der Waals surface area contributed by atoms with Gasteiger partial charge in [-0.25, -0.2) is 29.9 Å². The van der Waals surface area contributed by atoms with E-state index in [1.807, 2.05) is 24.3 Å². The maximum Gasteiger partial charge on any atom is 0.178 e. The summed E-state index contributed by atoms with van der Waals surface area (Å²) < 4.78 is 0. The molecule has 0 N–H and O–H groups in total. The smallest absolute Gasteiger partial charge is 0.178 e. The predicted octanol–water partition coefficient (Wildman–Crippen LogP) is 5.44. The Kier molecular flexibility index (Phi) is 3.46. The van der Waals surface area contributed by atoms with Gasteiger partial charge in [0.2, 0.25) is 0 Å². The molecule has 0 aliphatic heterocycles. The van der Waals surface area contributed by atoms with Crippen LogP contribution in [-0.2, 0) is 0 Å². The third kappa shape index (κ3) is 2.40. The lowest BCUT2D eigenvalue weighted by Crippen LogP contribution is -1.97. The molecule has 0 aliphatic rings. The minimum Gasteiger partial charge on any atom is -0.244 e. The van der Waals surface area contributed by atoms with Gasteiger partial charge in [-0.1, -0.05) is 36.4 Å². The van der Waals surface area contributed by atoms with E-state index in [-0.39, 0.29) is 0 Å². The van der Waals surface area contributed by atoms with Crippen LogP contribution in [0.4, 0.5) is 0 Å². The molecule has 0 spiro atoms.